The molecule has 0 aliphatic carbocycles. The number of benzene rings is 2. The van der Waals surface area contributed by atoms with Crippen LogP contribution in [0.1, 0.15) is 24.2 Å². The molecule has 0 saturated carbocycles. The smallest absolute Gasteiger partial charge is 0.341 e. The molecule has 0 atom stereocenters. The van der Waals surface area contributed by atoms with E-state index in [1.165, 1.54) is 7.11 Å². The van der Waals surface area contributed by atoms with Crippen LogP contribution in [0.2, 0.25) is 0 Å². The summed E-state index contributed by atoms with van der Waals surface area (Å²) in [5.74, 6) is -0.0793. The third kappa shape index (κ3) is 3.35. The second-order valence-electron chi connectivity index (χ2n) is 6.56. The molecule has 6 heteroatoms. The van der Waals surface area contributed by atoms with Gasteiger partial charge in [-0.25, -0.2) is 4.79 Å². The first-order valence-electron chi connectivity index (χ1n) is 8.43. The number of rotatable bonds is 5. The summed E-state index contributed by atoms with van der Waals surface area (Å²) in [6.45, 7) is 4.03. The first kappa shape index (κ1) is 17.8. The number of amides is 1. The fourth-order valence-corrected chi connectivity index (χ4v) is 2.99. The van der Waals surface area contributed by atoms with E-state index in [2.05, 4.69) is 5.32 Å². The standard InChI is InChI=1S/C20H22N2O4/c1-20(2)19(24)22(16-10-6-5-9-15(16)21-20)12-13-26-18(23)14-8-4-7-11-17(14)25-3/h4-11,21H,12-13H2,1-3H3. The predicted octanol–water partition coefficient (Wildman–Crippen LogP) is 3.09. The van der Waals surface area contributed by atoms with Crippen LogP contribution in [0.15, 0.2) is 48.5 Å². The minimum atomic E-state index is -0.721. The highest BCUT2D eigenvalue weighted by molar-refractivity contribution is 6.07. The minimum absolute atomic E-state index is 0.0652. The minimum Gasteiger partial charge on any atom is -0.496 e. The van der Waals surface area contributed by atoms with Crippen LogP contribution in [-0.4, -0.2) is 37.7 Å². The molecule has 1 amide bonds. The molecule has 0 aromatic heterocycles. The first-order valence-corrected chi connectivity index (χ1v) is 8.43. The number of carbonyl (C=O) groups excluding carboxylic acids is 2. The molecular weight excluding hydrogens is 332 g/mol. The van der Waals surface area contributed by atoms with Gasteiger partial charge in [0.15, 0.2) is 0 Å². The number of hydrogen-bond acceptors (Lipinski definition) is 5. The highest BCUT2D eigenvalue weighted by atomic mass is 16.5. The molecule has 2 aromatic rings. The monoisotopic (exact) mass is 354 g/mol. The zero-order chi connectivity index (χ0) is 18.7. The van der Waals surface area contributed by atoms with Crippen LogP contribution in [0.3, 0.4) is 0 Å². The Balaban J connectivity index is 1.71. The fourth-order valence-electron chi connectivity index (χ4n) is 2.99. The molecular formula is C20H22N2O4. The van der Waals surface area contributed by atoms with Crippen molar-refractivity contribution in [2.45, 2.75) is 19.4 Å². The van der Waals surface area contributed by atoms with Crippen molar-refractivity contribution in [3.63, 3.8) is 0 Å². The average Bonchev–Trinajstić information content (AvgIpc) is 2.64. The Kier molecular flexibility index (Phi) is 4.84. The number of hydrogen-bond donors (Lipinski definition) is 1. The van der Waals surface area contributed by atoms with Gasteiger partial charge in [0.1, 0.15) is 23.5 Å². The predicted molar refractivity (Wildman–Crippen MR) is 99.8 cm³/mol. The van der Waals surface area contributed by atoms with Crippen LogP contribution in [0, 0.1) is 0 Å². The van der Waals surface area contributed by atoms with Gasteiger partial charge in [0, 0.05) is 0 Å². The number of para-hydroxylation sites is 3. The highest BCUT2D eigenvalue weighted by Crippen LogP contribution is 2.34. The Morgan fingerprint density at radius 2 is 1.81 bits per heavy atom. The second kappa shape index (κ2) is 7.07. The quantitative estimate of drug-likeness (QED) is 0.836. The molecule has 0 radical (unpaired) electrons. The number of anilines is 2. The number of esters is 1. The third-order valence-electron chi connectivity index (χ3n) is 4.30. The van der Waals surface area contributed by atoms with Gasteiger partial charge in [0.05, 0.1) is 25.0 Å². The van der Waals surface area contributed by atoms with Gasteiger partial charge in [0.25, 0.3) is 5.91 Å². The van der Waals surface area contributed by atoms with Crippen LogP contribution < -0.4 is 15.0 Å². The van der Waals surface area contributed by atoms with Crippen molar-refractivity contribution < 1.29 is 19.1 Å². The summed E-state index contributed by atoms with van der Waals surface area (Å²) in [6, 6.07) is 14.5. The van der Waals surface area contributed by atoms with Gasteiger partial charge in [-0.05, 0) is 38.1 Å². The molecule has 0 saturated heterocycles. The highest BCUT2D eigenvalue weighted by Gasteiger charge is 2.38. The normalized spacial score (nSPS) is 15.0. The van der Waals surface area contributed by atoms with E-state index < -0.39 is 11.5 Å². The maximum Gasteiger partial charge on any atom is 0.341 e. The number of nitrogens with zero attached hydrogens (tertiary/aromatic N) is 1. The van der Waals surface area contributed by atoms with Gasteiger partial charge in [-0.3, -0.25) is 4.79 Å². The van der Waals surface area contributed by atoms with Crippen molar-refractivity contribution in [3.8, 4) is 5.75 Å². The zero-order valence-electron chi connectivity index (χ0n) is 15.1. The lowest BCUT2D eigenvalue weighted by Crippen LogP contribution is -2.54. The van der Waals surface area contributed by atoms with Crippen LogP contribution in [0.4, 0.5) is 11.4 Å². The summed E-state index contributed by atoms with van der Waals surface area (Å²) >= 11 is 0. The Labute approximate surface area is 152 Å². The molecule has 1 heterocycles. The Bertz CT molecular complexity index is 832. The van der Waals surface area contributed by atoms with E-state index in [9.17, 15) is 9.59 Å². The van der Waals surface area contributed by atoms with E-state index in [1.54, 1.807) is 29.2 Å². The topological polar surface area (TPSA) is 67.9 Å². The van der Waals surface area contributed by atoms with Gasteiger partial charge in [-0.2, -0.15) is 0 Å². The molecule has 136 valence electrons. The van der Waals surface area contributed by atoms with E-state index in [0.717, 1.165) is 11.4 Å². The van der Waals surface area contributed by atoms with E-state index in [0.29, 0.717) is 11.3 Å². The number of methoxy groups -OCH3 is 1. The summed E-state index contributed by atoms with van der Waals surface area (Å²) in [5, 5.41) is 3.24. The summed E-state index contributed by atoms with van der Waals surface area (Å²) in [5.41, 5.74) is 1.31. The molecule has 1 aliphatic heterocycles. The van der Waals surface area contributed by atoms with Gasteiger partial charge < -0.3 is 19.7 Å². The van der Waals surface area contributed by atoms with Crippen LogP contribution in [-0.2, 0) is 9.53 Å². The van der Waals surface area contributed by atoms with Crippen LogP contribution in [0.5, 0.6) is 5.75 Å². The Morgan fingerprint density at radius 1 is 1.12 bits per heavy atom. The molecule has 6 nitrogen and oxygen atoms in total. The fraction of sp³-hybridized carbons (Fsp3) is 0.300. The van der Waals surface area contributed by atoms with Crippen molar-refractivity contribution >= 4 is 23.3 Å². The lowest BCUT2D eigenvalue weighted by atomic mass is 9.98. The average molecular weight is 354 g/mol. The summed E-state index contributed by atoms with van der Waals surface area (Å²) in [4.78, 5) is 26.7. The number of carbonyl (C=O) groups is 2. The van der Waals surface area contributed by atoms with Crippen molar-refractivity contribution in [1.82, 2.24) is 0 Å². The maximum atomic E-state index is 12.8. The van der Waals surface area contributed by atoms with E-state index in [4.69, 9.17) is 9.47 Å². The van der Waals surface area contributed by atoms with Crippen LogP contribution in [0.25, 0.3) is 0 Å². The lowest BCUT2D eigenvalue weighted by molar-refractivity contribution is -0.122. The third-order valence-corrected chi connectivity index (χ3v) is 4.30. The second-order valence-corrected chi connectivity index (χ2v) is 6.56. The van der Waals surface area contributed by atoms with Crippen molar-refractivity contribution in [2.75, 3.05) is 30.5 Å². The molecule has 1 N–H and O–H groups in total. The number of fused-ring (bicyclic) bond motifs is 1. The Hall–Kier alpha value is -3.02. The molecule has 0 unspecified atom stereocenters. The summed E-state index contributed by atoms with van der Waals surface area (Å²) < 4.78 is 10.6. The van der Waals surface area contributed by atoms with E-state index in [1.807, 2.05) is 38.1 Å². The number of nitrogens with one attached hydrogen (secondary N) is 1. The molecule has 0 bridgehead atoms. The number of ether oxygens (including phenoxy) is 2. The summed E-state index contributed by atoms with van der Waals surface area (Å²) in [6.07, 6.45) is 0. The van der Waals surface area contributed by atoms with Crippen molar-refractivity contribution in [2.24, 2.45) is 0 Å². The van der Waals surface area contributed by atoms with Crippen molar-refractivity contribution in [1.29, 1.82) is 0 Å². The maximum absolute atomic E-state index is 12.8. The van der Waals surface area contributed by atoms with Gasteiger partial charge >= 0.3 is 5.97 Å². The van der Waals surface area contributed by atoms with Gasteiger partial charge in [-0.1, -0.05) is 24.3 Å². The van der Waals surface area contributed by atoms with E-state index in [-0.39, 0.29) is 19.1 Å². The molecule has 0 fully saturated rings. The van der Waals surface area contributed by atoms with Gasteiger partial charge in [-0.15, -0.1) is 0 Å². The van der Waals surface area contributed by atoms with E-state index >= 15 is 0 Å². The molecule has 26 heavy (non-hydrogen) atoms. The first-order chi connectivity index (χ1) is 12.4. The zero-order valence-corrected chi connectivity index (χ0v) is 15.1. The molecule has 1 aliphatic rings. The lowest BCUT2D eigenvalue weighted by Gasteiger charge is -2.39. The van der Waals surface area contributed by atoms with Crippen molar-refractivity contribution in [3.05, 3.63) is 54.1 Å². The van der Waals surface area contributed by atoms with Crippen LogP contribution >= 0.6 is 0 Å². The summed E-state index contributed by atoms with van der Waals surface area (Å²) in [7, 11) is 1.50. The molecule has 3 rings (SSSR count). The Morgan fingerprint density at radius 3 is 2.58 bits per heavy atom. The largest absolute Gasteiger partial charge is 0.496 e. The molecule has 2 aromatic carbocycles. The SMILES string of the molecule is COc1ccccc1C(=O)OCCN1C(=O)C(C)(C)Nc2ccccc21. The van der Waals surface area contributed by atoms with Gasteiger partial charge in [0.2, 0.25) is 0 Å². The molecule has 0 spiro atoms.